The van der Waals surface area contributed by atoms with Crippen molar-refractivity contribution in [3.05, 3.63) is 35.4 Å². The van der Waals surface area contributed by atoms with Gasteiger partial charge in [0.15, 0.2) is 0 Å². The fourth-order valence-corrected chi connectivity index (χ4v) is 2.01. The first-order valence-electron chi connectivity index (χ1n) is 5.33. The van der Waals surface area contributed by atoms with Crippen molar-refractivity contribution in [2.75, 3.05) is 13.2 Å². The molecular formula is C12H17NO. The highest BCUT2D eigenvalue weighted by atomic mass is 16.2. The lowest BCUT2D eigenvalue weighted by molar-refractivity contribution is 0.299. The lowest BCUT2D eigenvalue weighted by Crippen LogP contribution is -2.12. The van der Waals surface area contributed by atoms with Crippen LogP contribution in [0.1, 0.15) is 30.0 Å². The molecule has 0 saturated carbocycles. The topological polar surface area (TPSA) is 32.3 Å². The smallest absolute Gasteiger partial charge is 0.0471 e. The van der Waals surface area contributed by atoms with Crippen LogP contribution in [0, 0.1) is 0 Å². The summed E-state index contributed by atoms with van der Waals surface area (Å²) in [6.45, 7) is 1.38. The monoisotopic (exact) mass is 191 g/mol. The van der Waals surface area contributed by atoms with Crippen LogP contribution >= 0.6 is 0 Å². The number of benzene rings is 1. The van der Waals surface area contributed by atoms with Gasteiger partial charge in [0, 0.05) is 12.6 Å². The van der Waals surface area contributed by atoms with E-state index in [0.717, 1.165) is 13.0 Å². The van der Waals surface area contributed by atoms with Crippen LogP contribution in [0.2, 0.25) is 0 Å². The maximum Gasteiger partial charge on any atom is 0.0471 e. The Bertz CT molecular complexity index is 275. The van der Waals surface area contributed by atoms with Crippen LogP contribution in [-0.4, -0.2) is 18.3 Å². The van der Waals surface area contributed by atoms with E-state index in [1.807, 2.05) is 0 Å². The Balaban J connectivity index is 2.05. The molecule has 14 heavy (non-hydrogen) atoms. The Labute approximate surface area is 85.0 Å². The predicted octanol–water partition coefficient (Wildman–Crippen LogP) is 1.65. The van der Waals surface area contributed by atoms with Crippen molar-refractivity contribution in [2.45, 2.75) is 25.3 Å². The van der Waals surface area contributed by atoms with Crippen LogP contribution in [0.3, 0.4) is 0 Å². The Morgan fingerprint density at radius 3 is 2.64 bits per heavy atom. The fourth-order valence-electron chi connectivity index (χ4n) is 2.01. The average Bonchev–Trinajstić information content (AvgIpc) is 2.72. The van der Waals surface area contributed by atoms with Gasteiger partial charge in [-0.05, 0) is 36.9 Å². The van der Waals surface area contributed by atoms with Crippen LogP contribution in [0.25, 0.3) is 0 Å². The van der Waals surface area contributed by atoms with Gasteiger partial charge in [0.25, 0.3) is 0 Å². The van der Waals surface area contributed by atoms with Gasteiger partial charge >= 0.3 is 0 Å². The quantitative estimate of drug-likeness (QED) is 0.761. The van der Waals surface area contributed by atoms with Gasteiger partial charge in [0.05, 0.1) is 0 Å². The van der Waals surface area contributed by atoms with Crippen molar-refractivity contribution < 1.29 is 5.11 Å². The molecule has 1 saturated heterocycles. The Kier molecular flexibility index (Phi) is 3.17. The van der Waals surface area contributed by atoms with Crippen LogP contribution in [0.15, 0.2) is 24.3 Å². The van der Waals surface area contributed by atoms with Gasteiger partial charge in [-0.25, -0.2) is 0 Å². The number of hydrogen-bond acceptors (Lipinski definition) is 2. The Morgan fingerprint density at radius 1 is 1.29 bits per heavy atom. The third kappa shape index (κ3) is 2.14. The highest BCUT2D eigenvalue weighted by Gasteiger charge is 2.15. The Hall–Kier alpha value is -0.860. The summed E-state index contributed by atoms with van der Waals surface area (Å²) in [4.78, 5) is 0. The molecule has 1 atom stereocenters. The first kappa shape index (κ1) is 9.69. The minimum atomic E-state index is 0.237. The van der Waals surface area contributed by atoms with E-state index in [9.17, 15) is 0 Å². The lowest BCUT2D eigenvalue weighted by Gasteiger charge is -2.10. The predicted molar refractivity (Wildman–Crippen MR) is 57.2 cm³/mol. The van der Waals surface area contributed by atoms with Crippen molar-refractivity contribution >= 4 is 0 Å². The van der Waals surface area contributed by atoms with Crippen molar-refractivity contribution in [1.29, 1.82) is 0 Å². The lowest BCUT2D eigenvalue weighted by atomic mass is 10.0. The highest BCUT2D eigenvalue weighted by molar-refractivity contribution is 5.25. The zero-order valence-corrected chi connectivity index (χ0v) is 8.37. The first-order valence-corrected chi connectivity index (χ1v) is 5.33. The number of rotatable bonds is 3. The molecule has 1 aliphatic heterocycles. The molecule has 2 nitrogen and oxygen atoms in total. The van der Waals surface area contributed by atoms with Crippen LogP contribution in [0.4, 0.5) is 0 Å². The molecule has 0 aliphatic carbocycles. The second-order valence-electron chi connectivity index (χ2n) is 3.86. The van der Waals surface area contributed by atoms with Gasteiger partial charge in [-0.2, -0.15) is 0 Å². The molecule has 2 rings (SSSR count). The number of aliphatic hydroxyl groups is 1. The summed E-state index contributed by atoms with van der Waals surface area (Å²) in [6.07, 6.45) is 3.29. The number of aliphatic hydroxyl groups excluding tert-OH is 1. The molecule has 2 N–H and O–H groups in total. The van der Waals surface area contributed by atoms with E-state index in [1.54, 1.807) is 0 Å². The van der Waals surface area contributed by atoms with Gasteiger partial charge in [-0.3, -0.25) is 0 Å². The summed E-state index contributed by atoms with van der Waals surface area (Å²) in [5.74, 6) is 0. The molecule has 1 aliphatic rings. The van der Waals surface area contributed by atoms with Crippen molar-refractivity contribution in [3.63, 3.8) is 0 Å². The maximum atomic E-state index is 8.79. The average molecular weight is 191 g/mol. The molecular weight excluding hydrogens is 174 g/mol. The minimum Gasteiger partial charge on any atom is -0.396 e. The molecule has 1 unspecified atom stereocenters. The summed E-state index contributed by atoms with van der Waals surface area (Å²) in [7, 11) is 0. The molecule has 1 fully saturated rings. The van der Waals surface area contributed by atoms with Gasteiger partial charge < -0.3 is 10.4 Å². The van der Waals surface area contributed by atoms with Crippen molar-refractivity contribution in [2.24, 2.45) is 0 Å². The molecule has 0 radical (unpaired) electrons. The second-order valence-corrected chi connectivity index (χ2v) is 3.86. The van der Waals surface area contributed by atoms with E-state index in [0.29, 0.717) is 6.04 Å². The standard InChI is InChI=1S/C12H17NO/c14-9-7-10-3-5-11(6-4-10)12-2-1-8-13-12/h3-6,12-14H,1-2,7-9H2. The summed E-state index contributed by atoms with van der Waals surface area (Å²) < 4.78 is 0. The minimum absolute atomic E-state index is 0.237. The van der Waals surface area contributed by atoms with Crippen LogP contribution in [-0.2, 0) is 6.42 Å². The number of hydrogen-bond donors (Lipinski definition) is 2. The third-order valence-electron chi connectivity index (χ3n) is 2.84. The molecule has 0 spiro atoms. The maximum absolute atomic E-state index is 8.79. The molecule has 0 amide bonds. The molecule has 1 aromatic rings. The van der Waals surface area contributed by atoms with E-state index in [-0.39, 0.29) is 6.61 Å². The van der Waals surface area contributed by atoms with Gasteiger partial charge in [-0.15, -0.1) is 0 Å². The van der Waals surface area contributed by atoms with Gasteiger partial charge in [0.2, 0.25) is 0 Å². The summed E-state index contributed by atoms with van der Waals surface area (Å²) in [5.41, 5.74) is 2.60. The van der Waals surface area contributed by atoms with Crippen molar-refractivity contribution in [1.82, 2.24) is 5.32 Å². The molecule has 2 heteroatoms. The van der Waals surface area contributed by atoms with E-state index >= 15 is 0 Å². The largest absolute Gasteiger partial charge is 0.396 e. The molecule has 1 aromatic carbocycles. The summed E-state index contributed by atoms with van der Waals surface area (Å²) >= 11 is 0. The molecule has 1 heterocycles. The second kappa shape index (κ2) is 4.58. The van der Waals surface area contributed by atoms with Crippen molar-refractivity contribution in [3.8, 4) is 0 Å². The molecule has 0 bridgehead atoms. The number of nitrogens with one attached hydrogen (secondary N) is 1. The molecule has 0 aromatic heterocycles. The summed E-state index contributed by atoms with van der Waals surface area (Å²) in [6, 6.07) is 9.14. The summed E-state index contributed by atoms with van der Waals surface area (Å²) in [5, 5.41) is 12.3. The fraction of sp³-hybridized carbons (Fsp3) is 0.500. The highest BCUT2D eigenvalue weighted by Crippen LogP contribution is 2.22. The van der Waals surface area contributed by atoms with Crippen LogP contribution in [0.5, 0.6) is 0 Å². The van der Waals surface area contributed by atoms with E-state index in [4.69, 9.17) is 5.11 Å². The van der Waals surface area contributed by atoms with Crippen LogP contribution < -0.4 is 5.32 Å². The van der Waals surface area contributed by atoms with E-state index < -0.39 is 0 Å². The zero-order chi connectivity index (χ0) is 9.80. The SMILES string of the molecule is OCCc1ccc(C2CCCN2)cc1. The zero-order valence-electron chi connectivity index (χ0n) is 8.37. The first-order chi connectivity index (χ1) is 6.90. The van der Waals surface area contributed by atoms with Gasteiger partial charge in [0.1, 0.15) is 0 Å². The van der Waals surface area contributed by atoms with E-state index in [2.05, 4.69) is 29.6 Å². The third-order valence-corrected chi connectivity index (χ3v) is 2.84. The molecule has 76 valence electrons. The Morgan fingerprint density at radius 2 is 2.07 bits per heavy atom. The normalized spacial score (nSPS) is 21.4. The van der Waals surface area contributed by atoms with E-state index in [1.165, 1.54) is 24.0 Å². The van der Waals surface area contributed by atoms with Gasteiger partial charge in [-0.1, -0.05) is 24.3 Å².